The van der Waals surface area contributed by atoms with Gasteiger partial charge in [-0.2, -0.15) is 5.10 Å². The van der Waals surface area contributed by atoms with Crippen LogP contribution in [0.1, 0.15) is 36.7 Å². The number of nitrogens with one attached hydrogen (secondary N) is 2. The van der Waals surface area contributed by atoms with Crippen LogP contribution >= 0.6 is 27.5 Å². The summed E-state index contributed by atoms with van der Waals surface area (Å²) in [5.74, 6) is -0.141. The number of hydrazone groups is 1. The SMILES string of the molecule is CCOc1ccc(/C=N\NC(=O)C(NC(=O)c2ccc(Cl)cc2)C(C)C)cc1Br. The molecular formula is C21H23BrClN3O3. The van der Waals surface area contributed by atoms with Gasteiger partial charge in [0.1, 0.15) is 11.8 Å². The summed E-state index contributed by atoms with van der Waals surface area (Å²) < 4.78 is 6.26. The van der Waals surface area contributed by atoms with Gasteiger partial charge in [-0.15, -0.1) is 0 Å². The van der Waals surface area contributed by atoms with Crippen molar-refractivity contribution in [1.82, 2.24) is 10.7 Å². The molecule has 0 saturated carbocycles. The Hall–Kier alpha value is -2.38. The quantitative estimate of drug-likeness (QED) is 0.434. The lowest BCUT2D eigenvalue weighted by Gasteiger charge is -2.20. The topological polar surface area (TPSA) is 79.8 Å². The van der Waals surface area contributed by atoms with E-state index < -0.39 is 11.9 Å². The number of ether oxygens (including phenoxy) is 1. The summed E-state index contributed by atoms with van der Waals surface area (Å²) >= 11 is 9.28. The maximum atomic E-state index is 12.5. The third-order valence-electron chi connectivity index (χ3n) is 3.99. The van der Waals surface area contributed by atoms with Gasteiger partial charge < -0.3 is 10.1 Å². The molecule has 29 heavy (non-hydrogen) atoms. The second kappa shape index (κ2) is 11.0. The molecule has 0 spiro atoms. The lowest BCUT2D eigenvalue weighted by molar-refractivity contribution is -0.123. The van der Waals surface area contributed by atoms with Gasteiger partial charge in [0.2, 0.25) is 0 Å². The van der Waals surface area contributed by atoms with E-state index >= 15 is 0 Å². The van der Waals surface area contributed by atoms with Crippen LogP contribution in [0.2, 0.25) is 5.02 Å². The molecule has 0 bridgehead atoms. The van der Waals surface area contributed by atoms with Crippen molar-refractivity contribution in [2.45, 2.75) is 26.8 Å². The molecule has 0 radical (unpaired) electrons. The predicted octanol–water partition coefficient (Wildman–Crippen LogP) is 4.41. The zero-order chi connectivity index (χ0) is 21.4. The Morgan fingerprint density at radius 2 is 1.90 bits per heavy atom. The van der Waals surface area contributed by atoms with Crippen molar-refractivity contribution in [3.05, 3.63) is 63.1 Å². The van der Waals surface area contributed by atoms with Crippen LogP contribution in [0.25, 0.3) is 0 Å². The van der Waals surface area contributed by atoms with Crippen molar-refractivity contribution in [2.24, 2.45) is 11.0 Å². The summed E-state index contributed by atoms with van der Waals surface area (Å²) in [7, 11) is 0. The predicted molar refractivity (Wildman–Crippen MR) is 119 cm³/mol. The van der Waals surface area contributed by atoms with Gasteiger partial charge in [0.15, 0.2) is 0 Å². The molecule has 0 heterocycles. The summed E-state index contributed by atoms with van der Waals surface area (Å²) in [5.41, 5.74) is 3.70. The summed E-state index contributed by atoms with van der Waals surface area (Å²) in [6.45, 7) is 6.17. The molecule has 0 aliphatic rings. The minimum atomic E-state index is -0.734. The minimum Gasteiger partial charge on any atom is -0.493 e. The van der Waals surface area contributed by atoms with Crippen LogP contribution in [0.3, 0.4) is 0 Å². The summed E-state index contributed by atoms with van der Waals surface area (Å²) in [5, 5.41) is 7.27. The zero-order valence-electron chi connectivity index (χ0n) is 16.4. The van der Waals surface area contributed by atoms with Crippen molar-refractivity contribution in [1.29, 1.82) is 0 Å². The highest BCUT2D eigenvalue weighted by Crippen LogP contribution is 2.25. The van der Waals surface area contributed by atoms with E-state index in [1.807, 2.05) is 39.0 Å². The Bertz CT molecular complexity index is 885. The maximum absolute atomic E-state index is 12.5. The molecule has 2 amide bonds. The molecule has 8 heteroatoms. The Balaban J connectivity index is 2.00. The van der Waals surface area contributed by atoms with Gasteiger partial charge in [-0.1, -0.05) is 25.4 Å². The normalized spacial score (nSPS) is 12.1. The molecule has 2 aromatic carbocycles. The van der Waals surface area contributed by atoms with E-state index in [0.29, 0.717) is 17.2 Å². The maximum Gasteiger partial charge on any atom is 0.262 e. The molecule has 0 aliphatic heterocycles. The van der Waals surface area contributed by atoms with Gasteiger partial charge in [0.05, 0.1) is 17.3 Å². The van der Waals surface area contributed by atoms with Crippen LogP contribution in [0.15, 0.2) is 52.0 Å². The molecule has 6 nitrogen and oxygen atoms in total. The zero-order valence-corrected chi connectivity index (χ0v) is 18.8. The van der Waals surface area contributed by atoms with E-state index in [0.717, 1.165) is 15.8 Å². The van der Waals surface area contributed by atoms with E-state index in [4.69, 9.17) is 16.3 Å². The van der Waals surface area contributed by atoms with Crippen LogP contribution in [-0.2, 0) is 4.79 Å². The van der Waals surface area contributed by atoms with Crippen molar-refractivity contribution in [3.8, 4) is 5.75 Å². The molecule has 0 fully saturated rings. The van der Waals surface area contributed by atoms with Crippen LogP contribution in [0.5, 0.6) is 5.75 Å². The Morgan fingerprint density at radius 3 is 2.48 bits per heavy atom. The largest absolute Gasteiger partial charge is 0.493 e. The highest BCUT2D eigenvalue weighted by atomic mass is 79.9. The molecule has 1 atom stereocenters. The van der Waals surface area contributed by atoms with Crippen molar-refractivity contribution >= 4 is 45.6 Å². The number of halogens is 2. The highest BCUT2D eigenvalue weighted by Gasteiger charge is 2.24. The van der Waals surface area contributed by atoms with E-state index in [2.05, 4.69) is 31.8 Å². The second-order valence-electron chi connectivity index (χ2n) is 6.56. The number of benzene rings is 2. The molecular weight excluding hydrogens is 458 g/mol. The monoisotopic (exact) mass is 479 g/mol. The van der Waals surface area contributed by atoms with Gasteiger partial charge in [-0.3, -0.25) is 9.59 Å². The average molecular weight is 481 g/mol. The average Bonchev–Trinajstić information content (AvgIpc) is 2.68. The van der Waals surface area contributed by atoms with Crippen LogP contribution < -0.4 is 15.5 Å². The van der Waals surface area contributed by atoms with Gasteiger partial charge in [0.25, 0.3) is 11.8 Å². The lowest BCUT2D eigenvalue weighted by atomic mass is 10.0. The van der Waals surface area contributed by atoms with Crippen molar-refractivity contribution in [3.63, 3.8) is 0 Å². The van der Waals surface area contributed by atoms with E-state index in [-0.39, 0.29) is 11.8 Å². The number of carbonyl (C=O) groups excluding carboxylic acids is 2. The molecule has 2 rings (SSSR count). The Labute approximate surface area is 183 Å². The fourth-order valence-electron chi connectivity index (χ4n) is 2.47. The molecule has 0 aliphatic carbocycles. The van der Waals surface area contributed by atoms with E-state index in [1.165, 1.54) is 6.21 Å². The van der Waals surface area contributed by atoms with Crippen molar-refractivity contribution < 1.29 is 14.3 Å². The molecule has 0 aromatic heterocycles. The van der Waals surface area contributed by atoms with Crippen LogP contribution in [0.4, 0.5) is 0 Å². The first-order valence-electron chi connectivity index (χ1n) is 9.13. The van der Waals surface area contributed by atoms with Crippen LogP contribution in [-0.4, -0.2) is 30.7 Å². The number of rotatable bonds is 8. The van der Waals surface area contributed by atoms with Gasteiger partial charge in [-0.05, 0) is 76.8 Å². The standard InChI is InChI=1S/C21H23BrClN3O3/c1-4-29-18-10-5-14(11-17(18)22)12-24-26-21(28)19(13(2)3)25-20(27)15-6-8-16(23)9-7-15/h5-13,19H,4H2,1-3H3,(H,25,27)(H,26,28)/b24-12-. The van der Waals surface area contributed by atoms with Gasteiger partial charge >= 0.3 is 0 Å². The highest BCUT2D eigenvalue weighted by molar-refractivity contribution is 9.10. The number of nitrogens with zero attached hydrogens (tertiary/aromatic N) is 1. The first-order valence-corrected chi connectivity index (χ1v) is 10.3. The number of carbonyl (C=O) groups is 2. The molecule has 154 valence electrons. The summed E-state index contributed by atoms with van der Waals surface area (Å²) in [4.78, 5) is 24.9. The number of hydrogen-bond acceptors (Lipinski definition) is 4. The van der Waals surface area contributed by atoms with Gasteiger partial charge in [-0.25, -0.2) is 5.43 Å². The molecule has 2 N–H and O–H groups in total. The number of amides is 2. The smallest absolute Gasteiger partial charge is 0.262 e. The second-order valence-corrected chi connectivity index (χ2v) is 7.85. The molecule has 2 aromatic rings. The van der Waals surface area contributed by atoms with Crippen molar-refractivity contribution in [2.75, 3.05) is 6.61 Å². The van der Waals surface area contributed by atoms with Gasteiger partial charge in [0, 0.05) is 10.6 Å². The molecule has 0 saturated heterocycles. The minimum absolute atomic E-state index is 0.124. The third-order valence-corrected chi connectivity index (χ3v) is 4.86. The first-order chi connectivity index (χ1) is 13.8. The number of hydrogen-bond donors (Lipinski definition) is 2. The van der Waals surface area contributed by atoms with E-state index in [9.17, 15) is 9.59 Å². The Morgan fingerprint density at radius 1 is 1.21 bits per heavy atom. The fourth-order valence-corrected chi connectivity index (χ4v) is 3.11. The third kappa shape index (κ3) is 6.87. The van der Waals surface area contributed by atoms with Crippen LogP contribution in [0, 0.1) is 5.92 Å². The fraction of sp³-hybridized carbons (Fsp3) is 0.286. The lowest BCUT2D eigenvalue weighted by Crippen LogP contribution is -2.48. The van der Waals surface area contributed by atoms with E-state index in [1.54, 1.807) is 24.3 Å². The first kappa shape index (κ1) is 22.9. The molecule has 1 unspecified atom stereocenters. The summed E-state index contributed by atoms with van der Waals surface area (Å²) in [6, 6.07) is 11.2. The summed E-state index contributed by atoms with van der Waals surface area (Å²) in [6.07, 6.45) is 1.52. The Kier molecular flexibility index (Phi) is 8.67.